The van der Waals surface area contributed by atoms with E-state index in [0.29, 0.717) is 29.7 Å². The number of aromatic hydroxyl groups is 1. The minimum absolute atomic E-state index is 0.0997. The van der Waals surface area contributed by atoms with Crippen molar-refractivity contribution in [1.82, 2.24) is 4.57 Å². The molecule has 0 radical (unpaired) electrons. The van der Waals surface area contributed by atoms with Gasteiger partial charge in [-0.3, -0.25) is 9.36 Å². The van der Waals surface area contributed by atoms with Crippen LogP contribution in [0.25, 0.3) is 6.08 Å². The second-order valence-electron chi connectivity index (χ2n) is 7.04. The molecule has 1 aromatic heterocycles. The van der Waals surface area contributed by atoms with E-state index in [4.69, 9.17) is 4.74 Å². The maximum atomic E-state index is 13.5. The molecule has 0 aliphatic carbocycles. The van der Waals surface area contributed by atoms with E-state index in [0.717, 1.165) is 10.0 Å². The van der Waals surface area contributed by atoms with Crippen molar-refractivity contribution >= 4 is 61.9 Å². The summed E-state index contributed by atoms with van der Waals surface area (Å²) in [5.74, 6) is -0.390. The maximum absolute atomic E-state index is 13.5. The number of aromatic nitrogens is 1. The molecule has 1 aliphatic rings. The third-order valence-corrected chi connectivity index (χ3v) is 7.24. The number of carbonyl (C=O) groups is 1. The molecule has 6 nitrogen and oxygen atoms in total. The summed E-state index contributed by atoms with van der Waals surface area (Å²) in [4.78, 5) is 31.4. The smallest absolute Gasteiger partial charge is 0.338 e. The third kappa shape index (κ3) is 4.20. The molecule has 9 heteroatoms. The van der Waals surface area contributed by atoms with E-state index in [2.05, 4.69) is 20.9 Å². The number of halogens is 2. The summed E-state index contributed by atoms with van der Waals surface area (Å²) in [5.41, 5.74) is 1.89. The Kier molecular flexibility index (Phi) is 6.68. The molecule has 2 aromatic carbocycles. The maximum Gasteiger partial charge on any atom is 0.338 e. The summed E-state index contributed by atoms with van der Waals surface area (Å²) in [6, 6.07) is 12.3. The highest BCUT2D eigenvalue weighted by molar-refractivity contribution is 14.1. The van der Waals surface area contributed by atoms with Gasteiger partial charge in [-0.05, 0) is 60.2 Å². The Morgan fingerprint density at radius 3 is 2.75 bits per heavy atom. The molecule has 0 bridgehead atoms. The van der Waals surface area contributed by atoms with Gasteiger partial charge in [0, 0.05) is 10.0 Å². The number of carbonyl (C=O) groups excluding carboxylic acids is 1. The molecular formula is C23H18BrIN2O4S. The minimum atomic E-state index is -0.648. The van der Waals surface area contributed by atoms with Crippen molar-refractivity contribution < 1.29 is 14.6 Å². The van der Waals surface area contributed by atoms with Crippen LogP contribution in [0.15, 0.2) is 68.0 Å². The van der Waals surface area contributed by atoms with Gasteiger partial charge in [0.05, 0.1) is 32.0 Å². The van der Waals surface area contributed by atoms with Gasteiger partial charge in [0.1, 0.15) is 5.75 Å². The van der Waals surface area contributed by atoms with Gasteiger partial charge in [0.25, 0.3) is 5.56 Å². The molecule has 0 fully saturated rings. The normalized spacial score (nSPS) is 16.0. The van der Waals surface area contributed by atoms with Gasteiger partial charge in [-0.2, -0.15) is 0 Å². The van der Waals surface area contributed by atoms with Crippen molar-refractivity contribution in [2.45, 2.75) is 19.9 Å². The molecule has 0 amide bonds. The molecule has 164 valence electrons. The average molecular weight is 625 g/mol. The molecule has 1 atom stereocenters. The van der Waals surface area contributed by atoms with Crippen molar-refractivity contribution in [2.24, 2.45) is 4.99 Å². The fourth-order valence-electron chi connectivity index (χ4n) is 3.58. The number of fused-ring (bicyclic) bond motifs is 1. The topological polar surface area (TPSA) is 80.9 Å². The van der Waals surface area contributed by atoms with E-state index in [1.165, 1.54) is 15.9 Å². The van der Waals surface area contributed by atoms with E-state index in [1.54, 1.807) is 32.1 Å². The number of rotatable bonds is 4. The minimum Gasteiger partial charge on any atom is -0.506 e. The Morgan fingerprint density at radius 1 is 1.34 bits per heavy atom. The number of benzene rings is 2. The quantitative estimate of drug-likeness (QED) is 0.353. The number of thiazole rings is 1. The largest absolute Gasteiger partial charge is 0.506 e. The number of ether oxygens (including phenoxy) is 1. The van der Waals surface area contributed by atoms with Gasteiger partial charge in [-0.25, -0.2) is 9.79 Å². The fraction of sp³-hybridized carbons (Fsp3) is 0.174. The lowest BCUT2D eigenvalue weighted by atomic mass is 9.96. The predicted molar refractivity (Wildman–Crippen MR) is 135 cm³/mol. The van der Waals surface area contributed by atoms with Gasteiger partial charge in [0.15, 0.2) is 4.80 Å². The van der Waals surface area contributed by atoms with Crippen LogP contribution in [0.5, 0.6) is 5.75 Å². The highest BCUT2D eigenvalue weighted by Gasteiger charge is 2.33. The Morgan fingerprint density at radius 2 is 2.06 bits per heavy atom. The third-order valence-electron chi connectivity index (χ3n) is 4.98. The van der Waals surface area contributed by atoms with Crippen molar-refractivity contribution in [3.05, 3.63) is 92.6 Å². The number of allylic oxidation sites excluding steroid dienone is 1. The van der Waals surface area contributed by atoms with Crippen LogP contribution in [-0.4, -0.2) is 22.2 Å². The number of nitrogens with zero attached hydrogens (tertiary/aromatic N) is 2. The van der Waals surface area contributed by atoms with Crippen molar-refractivity contribution in [3.63, 3.8) is 0 Å². The zero-order chi connectivity index (χ0) is 23.0. The van der Waals surface area contributed by atoms with Crippen LogP contribution in [0.3, 0.4) is 0 Å². The molecule has 0 saturated heterocycles. The van der Waals surface area contributed by atoms with E-state index in [-0.39, 0.29) is 17.9 Å². The Labute approximate surface area is 209 Å². The number of esters is 1. The molecular weight excluding hydrogens is 607 g/mol. The molecule has 1 aliphatic heterocycles. The summed E-state index contributed by atoms with van der Waals surface area (Å²) in [6.45, 7) is 3.72. The van der Waals surface area contributed by atoms with Crippen LogP contribution in [0.1, 0.15) is 31.0 Å². The SMILES string of the molecule is CCOC(=O)C1=C(C)N=c2s/c(=C/c3cc(Br)cc(I)c3O)c(=O)n2[C@@H]1c1ccccc1. The first-order valence-corrected chi connectivity index (χ1v) is 12.4. The van der Waals surface area contributed by atoms with Crippen molar-refractivity contribution in [2.75, 3.05) is 6.61 Å². The summed E-state index contributed by atoms with van der Waals surface area (Å²) in [5, 5.41) is 10.5. The zero-order valence-electron chi connectivity index (χ0n) is 17.1. The molecule has 0 spiro atoms. The first kappa shape index (κ1) is 22.9. The second kappa shape index (κ2) is 9.32. The number of hydrogen-bond donors (Lipinski definition) is 1. The lowest BCUT2D eigenvalue weighted by molar-refractivity contribution is -0.139. The van der Waals surface area contributed by atoms with Gasteiger partial charge in [0.2, 0.25) is 0 Å². The van der Waals surface area contributed by atoms with Gasteiger partial charge >= 0.3 is 5.97 Å². The molecule has 0 saturated carbocycles. The molecule has 0 unspecified atom stereocenters. The second-order valence-corrected chi connectivity index (χ2v) is 10.1. The van der Waals surface area contributed by atoms with Crippen molar-refractivity contribution in [1.29, 1.82) is 0 Å². The lowest BCUT2D eigenvalue weighted by Gasteiger charge is -2.24. The van der Waals surface area contributed by atoms with E-state index in [1.807, 2.05) is 52.9 Å². The molecule has 32 heavy (non-hydrogen) atoms. The molecule has 1 N–H and O–H groups in total. The number of hydrogen-bond acceptors (Lipinski definition) is 6. The van der Waals surface area contributed by atoms with E-state index >= 15 is 0 Å². The Bertz CT molecular complexity index is 1430. The van der Waals surface area contributed by atoms with Crippen LogP contribution in [0.4, 0.5) is 0 Å². The number of phenols is 1. The summed E-state index contributed by atoms with van der Waals surface area (Å²) >= 11 is 6.69. The fourth-order valence-corrected chi connectivity index (χ4v) is 6.17. The van der Waals surface area contributed by atoms with Gasteiger partial charge in [-0.15, -0.1) is 0 Å². The van der Waals surface area contributed by atoms with Crippen LogP contribution in [0.2, 0.25) is 0 Å². The van der Waals surface area contributed by atoms with E-state index < -0.39 is 12.0 Å². The number of phenolic OH excluding ortho intramolecular Hbond substituents is 1. The summed E-state index contributed by atoms with van der Waals surface area (Å²) in [6.07, 6.45) is 1.65. The Balaban J connectivity index is 1.98. The lowest BCUT2D eigenvalue weighted by Crippen LogP contribution is -2.39. The first-order valence-electron chi connectivity index (χ1n) is 9.74. The predicted octanol–water partition coefficient (Wildman–Crippen LogP) is 3.87. The van der Waals surface area contributed by atoms with Crippen LogP contribution in [0, 0.1) is 3.57 Å². The molecule has 2 heterocycles. The summed E-state index contributed by atoms with van der Waals surface area (Å²) < 4.78 is 8.69. The van der Waals surface area contributed by atoms with Crippen LogP contribution >= 0.6 is 49.9 Å². The monoisotopic (exact) mass is 624 g/mol. The Hall–Kier alpha value is -2.24. The standard InChI is InChI=1S/C23H18BrIN2O4S/c1-3-31-22(30)18-12(2)26-23-27(19(18)13-7-5-4-6-8-13)21(29)17(32-23)10-14-9-15(24)11-16(25)20(14)28/h4-11,19,28H,3H2,1-2H3/b17-10+/t19-/m1/s1. The first-order chi connectivity index (χ1) is 15.3. The zero-order valence-corrected chi connectivity index (χ0v) is 21.7. The average Bonchev–Trinajstić information content (AvgIpc) is 3.06. The molecule has 4 rings (SSSR count). The summed E-state index contributed by atoms with van der Waals surface area (Å²) in [7, 11) is 0. The van der Waals surface area contributed by atoms with Crippen LogP contribution < -0.4 is 14.9 Å². The van der Waals surface area contributed by atoms with Crippen LogP contribution in [-0.2, 0) is 9.53 Å². The highest BCUT2D eigenvalue weighted by atomic mass is 127. The van der Waals surface area contributed by atoms with E-state index in [9.17, 15) is 14.7 Å². The van der Waals surface area contributed by atoms with Gasteiger partial charge < -0.3 is 9.84 Å². The van der Waals surface area contributed by atoms with Crippen molar-refractivity contribution in [3.8, 4) is 5.75 Å². The highest BCUT2D eigenvalue weighted by Crippen LogP contribution is 2.31. The van der Waals surface area contributed by atoms with Gasteiger partial charge in [-0.1, -0.05) is 57.6 Å². The molecule has 3 aromatic rings.